The van der Waals surface area contributed by atoms with Crippen LogP contribution in [0, 0.1) is 0 Å². The molecule has 0 rings (SSSR count). The summed E-state index contributed by atoms with van der Waals surface area (Å²) in [6.45, 7) is 8.00. The highest BCUT2D eigenvalue weighted by atomic mass is 19.0. The van der Waals surface area contributed by atoms with Gasteiger partial charge < -0.3 is 0 Å². The molecular weight excluding hydrogens is 238 g/mol. The number of hydrogen-bond acceptors (Lipinski definition) is 0. The molecule has 0 aromatic carbocycles. The first-order valence-electron chi connectivity index (χ1n) is 2.00. The molecule has 0 heterocycles. The Morgan fingerprint density at radius 2 is 0.214 bits per heavy atom. The zero-order chi connectivity index (χ0) is 4.00. The molecule has 14 heavy (non-hydrogen) atoms. The fourth-order valence-electron chi connectivity index (χ4n) is 0. The molecule has 0 bridgehead atoms. The van der Waals surface area contributed by atoms with Gasteiger partial charge in [-0.25, -0.2) is 0 Å². The van der Waals surface area contributed by atoms with Gasteiger partial charge in [-0.05, 0) is 0 Å². The van der Waals surface area contributed by atoms with Gasteiger partial charge in [0.05, 0.1) is 0 Å². The maximum Gasteiger partial charge on any atom is -0.0683 e. The Bertz CT molecular complexity index is 12.1. The molecule has 0 unspecified atom stereocenters. The van der Waals surface area contributed by atoms with Crippen LogP contribution < -0.4 is 0 Å². The van der Waals surface area contributed by atoms with Crippen LogP contribution in [-0.2, 0) is 0 Å². The standard InChI is InChI=1S/2C2H6.10FH/c2*1-2;;;;;;;;;;/h2*1-2H3;10*1H. The lowest BCUT2D eigenvalue weighted by Crippen LogP contribution is -0.856. The van der Waals surface area contributed by atoms with Crippen molar-refractivity contribution in [1.29, 1.82) is 0 Å². The number of halogens is 10. The van der Waals surface area contributed by atoms with E-state index in [0.717, 1.165) is 0 Å². The highest BCUT2D eigenvalue weighted by Gasteiger charge is 0.934. The number of hydrogen-bond donors (Lipinski definition) is 0. The molecule has 0 nitrogen and oxygen atoms in total. The summed E-state index contributed by atoms with van der Waals surface area (Å²) in [5.41, 5.74) is 0. The zero-order valence-corrected chi connectivity index (χ0v) is 8.08. The predicted octanol–water partition coefficient (Wildman–Crippen LogP) is 3.58. The maximum atomic E-state index is 2.00. The van der Waals surface area contributed by atoms with Crippen molar-refractivity contribution in [1.82, 2.24) is 0 Å². The summed E-state index contributed by atoms with van der Waals surface area (Å²) < 4.78 is 0. The Balaban J connectivity index is -0.000000000333. The van der Waals surface area contributed by atoms with E-state index in [4.69, 9.17) is 0 Å². The molecule has 0 saturated carbocycles. The lowest BCUT2D eigenvalue weighted by molar-refractivity contribution is 1.11. The first-order valence-corrected chi connectivity index (χ1v) is 2.00. The van der Waals surface area contributed by atoms with Gasteiger partial charge in [0, 0.05) is 0 Å². The normalized spacial score (nSPS) is 0.857. The van der Waals surface area contributed by atoms with Crippen molar-refractivity contribution in [3.63, 3.8) is 0 Å². The molecule has 108 valence electrons. The third-order valence-corrected chi connectivity index (χ3v) is 0. The fraction of sp³-hybridized carbons (Fsp3) is 1.00. The monoisotopic (exact) mass is 260 g/mol. The molecular formula is C4H22F10. The van der Waals surface area contributed by atoms with E-state index in [0.29, 0.717) is 0 Å². The molecule has 0 fully saturated rings. The summed E-state index contributed by atoms with van der Waals surface area (Å²) in [5.74, 6) is 0. The van der Waals surface area contributed by atoms with Gasteiger partial charge >= 0.3 is 0 Å². The molecule has 0 aliphatic rings. The average Bonchev–Trinajstić information content (AvgIpc) is 1.50. The maximum absolute atomic E-state index is 2.00. The van der Waals surface area contributed by atoms with Gasteiger partial charge in [0.1, 0.15) is 0 Å². The minimum Gasteiger partial charge on any atom is -0.269 e. The lowest BCUT2D eigenvalue weighted by atomic mass is 11.0. The van der Waals surface area contributed by atoms with E-state index in [9.17, 15) is 0 Å². The Labute approximate surface area is 76.1 Å². The molecule has 0 N–H and O–H groups in total. The van der Waals surface area contributed by atoms with E-state index < -0.39 is 0 Å². The first-order chi connectivity index (χ1) is 2.00. The summed E-state index contributed by atoms with van der Waals surface area (Å²) in [4.78, 5) is 0. The van der Waals surface area contributed by atoms with Crippen molar-refractivity contribution < 1.29 is 47.0 Å². The Morgan fingerprint density at radius 3 is 0.214 bits per heavy atom. The van der Waals surface area contributed by atoms with Crippen molar-refractivity contribution in [2.45, 2.75) is 27.7 Å². The van der Waals surface area contributed by atoms with Crippen LogP contribution in [0.5, 0.6) is 0 Å². The lowest BCUT2D eigenvalue weighted by Gasteiger charge is -1.07. The van der Waals surface area contributed by atoms with Crippen LogP contribution in [0.1, 0.15) is 27.7 Å². The largest absolute Gasteiger partial charge is 0.269 e. The summed E-state index contributed by atoms with van der Waals surface area (Å²) in [6, 6.07) is 0. The van der Waals surface area contributed by atoms with E-state index in [1.807, 2.05) is 27.7 Å². The molecule has 0 aromatic rings. The van der Waals surface area contributed by atoms with Crippen LogP contribution in [0.3, 0.4) is 0 Å². The Hall–Kier alpha value is -0.700. The highest BCUT2D eigenvalue weighted by Crippen LogP contribution is 1.15. The number of rotatable bonds is 0. The molecule has 0 saturated heterocycles. The van der Waals surface area contributed by atoms with E-state index in [2.05, 4.69) is 0 Å². The topological polar surface area (TPSA) is 0 Å². The Kier molecular flexibility index (Phi) is 273000. The van der Waals surface area contributed by atoms with Crippen LogP contribution in [0.15, 0.2) is 0 Å². The van der Waals surface area contributed by atoms with Gasteiger partial charge in [0.15, 0.2) is 0 Å². The fourth-order valence-corrected chi connectivity index (χ4v) is 0. The van der Waals surface area contributed by atoms with Crippen molar-refractivity contribution in [3.05, 3.63) is 0 Å². The molecule has 10 heteroatoms. The SMILES string of the molecule is CC.CC.F.F.F.F.F.F.F.F.F.F. The van der Waals surface area contributed by atoms with E-state index in [1.54, 1.807) is 0 Å². The highest BCUT2D eigenvalue weighted by molar-refractivity contribution is 3.51. The molecule has 0 spiro atoms. The summed E-state index contributed by atoms with van der Waals surface area (Å²) >= 11 is 0. The molecule has 0 amide bonds. The second kappa shape index (κ2) is 3210. The third kappa shape index (κ3) is 2450. The van der Waals surface area contributed by atoms with Gasteiger partial charge in [-0.3, -0.25) is 47.0 Å². The van der Waals surface area contributed by atoms with E-state index in [-0.39, 0.29) is 47.0 Å². The van der Waals surface area contributed by atoms with E-state index in [1.165, 1.54) is 0 Å². The smallest absolute Gasteiger partial charge is 0.0683 e. The third-order valence-electron chi connectivity index (χ3n) is 0. The van der Waals surface area contributed by atoms with Gasteiger partial charge in [0.25, 0.3) is 0 Å². The van der Waals surface area contributed by atoms with Crippen molar-refractivity contribution in [2.24, 2.45) is 0 Å². The van der Waals surface area contributed by atoms with Gasteiger partial charge in [-0.1, -0.05) is 27.7 Å². The summed E-state index contributed by atoms with van der Waals surface area (Å²) in [7, 11) is 0. The van der Waals surface area contributed by atoms with Crippen molar-refractivity contribution in [2.75, 3.05) is 0 Å². The molecule has 0 radical (unpaired) electrons. The predicted molar refractivity (Wildman–Crippen MR) is 47.7 cm³/mol. The van der Waals surface area contributed by atoms with Crippen LogP contribution in [0.2, 0.25) is 0 Å². The summed E-state index contributed by atoms with van der Waals surface area (Å²) in [6.07, 6.45) is 0. The van der Waals surface area contributed by atoms with Gasteiger partial charge in [-0.15, -0.1) is 0 Å². The van der Waals surface area contributed by atoms with Crippen LogP contribution in [0.25, 0.3) is 0 Å². The molecule has 0 aromatic heterocycles. The van der Waals surface area contributed by atoms with Gasteiger partial charge in [0.2, 0.25) is 0 Å². The van der Waals surface area contributed by atoms with Crippen LogP contribution >= 0.6 is 0 Å². The minimum absolute atomic E-state index is 0. The van der Waals surface area contributed by atoms with Crippen molar-refractivity contribution >= 4 is 0 Å². The summed E-state index contributed by atoms with van der Waals surface area (Å²) in [5, 5.41) is 0. The quantitative estimate of drug-likeness (QED) is 0.584. The second-order valence-corrected chi connectivity index (χ2v) is 0. The van der Waals surface area contributed by atoms with Crippen molar-refractivity contribution in [3.8, 4) is 0 Å². The zero-order valence-electron chi connectivity index (χ0n) is 8.08. The average molecular weight is 260 g/mol. The Morgan fingerprint density at radius 1 is 0.214 bits per heavy atom. The molecule has 0 aliphatic heterocycles. The van der Waals surface area contributed by atoms with Crippen LogP contribution in [-0.4, -0.2) is 0 Å². The van der Waals surface area contributed by atoms with Crippen LogP contribution in [0.4, 0.5) is 47.0 Å². The second-order valence-electron chi connectivity index (χ2n) is 0. The molecule has 0 atom stereocenters. The first kappa shape index (κ1) is 1190. The minimum atomic E-state index is 0. The molecule has 0 aliphatic carbocycles. The van der Waals surface area contributed by atoms with E-state index >= 15 is 0 Å². The van der Waals surface area contributed by atoms with Gasteiger partial charge in [-0.2, -0.15) is 0 Å².